The molecule has 0 aromatic rings. The van der Waals surface area contributed by atoms with E-state index in [9.17, 15) is 35.1 Å². The summed E-state index contributed by atoms with van der Waals surface area (Å²) in [7, 11) is 0. The van der Waals surface area contributed by atoms with Crippen LogP contribution < -0.4 is 0 Å². The molecule has 1 aliphatic heterocycles. The molecule has 4 saturated carbocycles. The van der Waals surface area contributed by atoms with Gasteiger partial charge in [-0.3, -0.25) is 9.59 Å². The SMILES string of the molecule is C[C@H]1[C@H](C)CC[C@]2(C(=O)O)CC[C@]3(C(=O)O)C(=CC[C@H]4[C@@]5(C)CC[C@H](O[C@@H]6O[C@H](C)[C@H](O)[C@H](O)[C@H]6O)C(C)(C)[C@@H]5CC[C@]43C)[C@H]12. The minimum absolute atomic E-state index is 0.0958. The van der Waals surface area contributed by atoms with Gasteiger partial charge in [0.05, 0.1) is 23.0 Å². The van der Waals surface area contributed by atoms with Crippen LogP contribution in [0.5, 0.6) is 0 Å². The molecule has 45 heavy (non-hydrogen) atoms. The number of rotatable bonds is 4. The van der Waals surface area contributed by atoms with Crippen LogP contribution in [0.4, 0.5) is 0 Å². The van der Waals surface area contributed by atoms with Crippen LogP contribution in [-0.4, -0.2) is 74.3 Å². The third-order valence-electron chi connectivity index (χ3n) is 15.3. The lowest BCUT2D eigenvalue weighted by atomic mass is 9.33. The van der Waals surface area contributed by atoms with Gasteiger partial charge < -0.3 is 35.0 Å². The molecular formula is C36H56O9. The van der Waals surface area contributed by atoms with Crippen LogP contribution in [0.25, 0.3) is 0 Å². The second-order valence-corrected chi connectivity index (χ2v) is 17.2. The lowest BCUT2D eigenvalue weighted by molar-refractivity contribution is -0.324. The smallest absolute Gasteiger partial charge is 0.314 e. The van der Waals surface area contributed by atoms with Crippen molar-refractivity contribution < 1.29 is 44.6 Å². The highest BCUT2D eigenvalue weighted by Gasteiger charge is 2.73. The molecule has 0 spiro atoms. The maximum Gasteiger partial charge on any atom is 0.314 e. The second-order valence-electron chi connectivity index (χ2n) is 17.2. The quantitative estimate of drug-likeness (QED) is 0.213. The maximum absolute atomic E-state index is 13.8. The Labute approximate surface area is 267 Å². The molecular weight excluding hydrogens is 576 g/mol. The van der Waals surface area contributed by atoms with Crippen molar-refractivity contribution in [3.63, 3.8) is 0 Å². The summed E-state index contributed by atoms with van der Waals surface area (Å²) in [6.45, 7) is 15.0. The summed E-state index contributed by atoms with van der Waals surface area (Å²) in [6, 6.07) is 0. The fraction of sp³-hybridized carbons (Fsp3) is 0.889. The van der Waals surface area contributed by atoms with Crippen molar-refractivity contribution in [3.8, 4) is 0 Å². The van der Waals surface area contributed by atoms with Crippen molar-refractivity contribution in [2.75, 3.05) is 0 Å². The topological polar surface area (TPSA) is 154 Å². The molecule has 0 unspecified atom stereocenters. The maximum atomic E-state index is 13.8. The molecule has 254 valence electrons. The van der Waals surface area contributed by atoms with Gasteiger partial charge in [-0.2, -0.15) is 0 Å². The first kappa shape index (κ1) is 33.4. The third kappa shape index (κ3) is 4.28. The fourth-order valence-electron chi connectivity index (χ4n) is 12.5. The highest BCUT2D eigenvalue weighted by Crippen LogP contribution is 2.76. The number of aliphatic hydroxyl groups excluding tert-OH is 3. The van der Waals surface area contributed by atoms with Gasteiger partial charge in [0.25, 0.3) is 0 Å². The van der Waals surface area contributed by atoms with E-state index in [0.29, 0.717) is 31.6 Å². The Morgan fingerprint density at radius 1 is 0.822 bits per heavy atom. The number of carboxylic acids is 2. The zero-order valence-electron chi connectivity index (χ0n) is 28.2. The van der Waals surface area contributed by atoms with Crippen LogP contribution in [0.15, 0.2) is 11.6 Å². The molecule has 5 aliphatic carbocycles. The Morgan fingerprint density at radius 3 is 2.16 bits per heavy atom. The van der Waals surface area contributed by atoms with Crippen LogP contribution in [0.1, 0.15) is 106 Å². The van der Waals surface area contributed by atoms with Crippen molar-refractivity contribution in [1.29, 1.82) is 0 Å². The molecule has 1 heterocycles. The summed E-state index contributed by atoms with van der Waals surface area (Å²) in [5, 5.41) is 53.2. The molecule has 0 amide bonds. The van der Waals surface area contributed by atoms with Gasteiger partial charge in [-0.05, 0) is 111 Å². The number of fused-ring (bicyclic) bond motifs is 7. The number of allylic oxidation sites excluding steroid dienone is 1. The van der Waals surface area contributed by atoms with Crippen LogP contribution in [0.2, 0.25) is 0 Å². The Kier molecular flexibility index (Phi) is 7.97. The minimum atomic E-state index is -1.36. The van der Waals surface area contributed by atoms with Gasteiger partial charge in [-0.15, -0.1) is 0 Å². The minimum Gasteiger partial charge on any atom is -0.481 e. The van der Waals surface area contributed by atoms with Crippen LogP contribution in [0.3, 0.4) is 0 Å². The zero-order chi connectivity index (χ0) is 33.1. The summed E-state index contributed by atoms with van der Waals surface area (Å²) in [6.07, 6.45) is 2.36. The number of aliphatic hydroxyl groups is 3. The number of carbonyl (C=O) groups is 2. The van der Waals surface area contributed by atoms with Gasteiger partial charge in [0.2, 0.25) is 0 Å². The van der Waals surface area contributed by atoms with E-state index in [2.05, 4.69) is 47.6 Å². The van der Waals surface area contributed by atoms with E-state index in [0.717, 1.165) is 37.7 Å². The molecule has 0 bridgehead atoms. The molecule has 9 nitrogen and oxygen atoms in total. The molecule has 9 heteroatoms. The van der Waals surface area contributed by atoms with E-state index in [1.54, 1.807) is 6.92 Å². The van der Waals surface area contributed by atoms with E-state index in [1.807, 2.05) is 0 Å². The van der Waals surface area contributed by atoms with E-state index in [1.165, 1.54) is 0 Å². The molecule has 0 aromatic heterocycles. The Balaban J connectivity index is 1.35. The predicted molar refractivity (Wildman–Crippen MR) is 166 cm³/mol. The molecule has 0 aromatic carbocycles. The summed E-state index contributed by atoms with van der Waals surface area (Å²) in [5.41, 5.74) is -2.13. The van der Waals surface area contributed by atoms with E-state index in [-0.39, 0.29) is 40.6 Å². The third-order valence-corrected chi connectivity index (χ3v) is 15.3. The lowest BCUT2D eigenvalue weighted by Crippen LogP contribution is -2.68. The van der Waals surface area contributed by atoms with Gasteiger partial charge >= 0.3 is 11.9 Å². The Bertz CT molecular complexity index is 1250. The first-order valence-corrected chi connectivity index (χ1v) is 17.4. The molecule has 6 aliphatic rings. The van der Waals surface area contributed by atoms with Crippen LogP contribution in [-0.2, 0) is 19.1 Å². The number of hydrogen-bond acceptors (Lipinski definition) is 7. The number of aliphatic carboxylic acids is 2. The number of hydrogen-bond donors (Lipinski definition) is 5. The van der Waals surface area contributed by atoms with Crippen molar-refractivity contribution in [3.05, 3.63) is 11.6 Å². The molecule has 5 fully saturated rings. The first-order valence-electron chi connectivity index (χ1n) is 17.4. The summed E-state index contributed by atoms with van der Waals surface area (Å²) < 4.78 is 12.3. The molecule has 0 radical (unpaired) electrons. The Hall–Kier alpha value is -1.52. The molecule has 6 rings (SSSR count). The van der Waals surface area contributed by atoms with Crippen molar-refractivity contribution in [2.45, 2.75) is 143 Å². The van der Waals surface area contributed by atoms with Crippen molar-refractivity contribution in [1.82, 2.24) is 0 Å². The normalized spacial score (nSPS) is 54.0. The van der Waals surface area contributed by atoms with Gasteiger partial charge in [0, 0.05) is 0 Å². The van der Waals surface area contributed by atoms with Crippen molar-refractivity contribution in [2.24, 2.45) is 56.7 Å². The van der Waals surface area contributed by atoms with Gasteiger partial charge in [-0.1, -0.05) is 53.2 Å². The summed E-state index contributed by atoms with van der Waals surface area (Å²) in [5.74, 6) is -1.08. The predicted octanol–water partition coefficient (Wildman–Crippen LogP) is 5.01. The molecule has 15 atom stereocenters. The van der Waals surface area contributed by atoms with Gasteiger partial charge in [-0.25, -0.2) is 0 Å². The molecule has 5 N–H and O–H groups in total. The highest BCUT2D eigenvalue weighted by atomic mass is 16.7. The summed E-state index contributed by atoms with van der Waals surface area (Å²) in [4.78, 5) is 26.8. The van der Waals surface area contributed by atoms with Crippen LogP contribution in [0, 0.1) is 56.7 Å². The lowest BCUT2D eigenvalue weighted by Gasteiger charge is -2.70. The van der Waals surface area contributed by atoms with E-state index >= 15 is 0 Å². The molecule has 1 saturated heterocycles. The van der Waals surface area contributed by atoms with Gasteiger partial charge in [0.1, 0.15) is 18.3 Å². The average Bonchev–Trinajstić information content (AvgIpc) is 2.97. The van der Waals surface area contributed by atoms with Crippen molar-refractivity contribution >= 4 is 11.9 Å². The number of carboxylic acid groups (broad SMARTS) is 2. The highest BCUT2D eigenvalue weighted by molar-refractivity contribution is 5.84. The average molecular weight is 633 g/mol. The van der Waals surface area contributed by atoms with E-state index < -0.39 is 58.9 Å². The Morgan fingerprint density at radius 2 is 1.51 bits per heavy atom. The van der Waals surface area contributed by atoms with E-state index in [4.69, 9.17) is 9.47 Å². The van der Waals surface area contributed by atoms with Crippen LogP contribution >= 0.6 is 0 Å². The summed E-state index contributed by atoms with van der Waals surface area (Å²) >= 11 is 0. The standard InChI is InChI=1S/C36H56O9/c1-18-10-15-35(30(40)41)16-17-36(31(42)43)21(25(35)19(18)2)8-9-23-33(6)13-12-24(32(4,5)22(33)11-14-34(23,36)7)45-29-28(39)27(38)26(37)20(3)44-29/h8,18-20,22-29,37-39H,9-17H2,1-7H3,(H,40,41)(H,42,43)/t18-,19+,20-,22+,23+,24+,25+,26+,27+,28-,29+,33+,34-,35+,36-/m1/s1. The first-order chi connectivity index (χ1) is 20.9. The monoisotopic (exact) mass is 632 g/mol. The fourth-order valence-corrected chi connectivity index (χ4v) is 12.5. The zero-order valence-corrected chi connectivity index (χ0v) is 28.2. The largest absolute Gasteiger partial charge is 0.481 e. The second kappa shape index (κ2) is 10.7. The number of ether oxygens (including phenoxy) is 2. The van der Waals surface area contributed by atoms with Gasteiger partial charge in [0.15, 0.2) is 6.29 Å².